The Bertz CT molecular complexity index is 780. The number of rotatable bonds is 2. The van der Waals surface area contributed by atoms with E-state index in [2.05, 4.69) is 53.4 Å². The Morgan fingerprint density at radius 2 is 1.68 bits per heavy atom. The summed E-state index contributed by atoms with van der Waals surface area (Å²) in [5, 5.41) is 0. The molecule has 2 heterocycles. The standard InChI is InChI=1S/C22H23NOS/c1-16(24)14-23-12-10-17(11-13-23)22-19-7-3-2-6-18(19)15-25-21-9-5-4-8-20(21)22/h2-9H,10-15H2,1H3. The molecule has 0 aromatic heterocycles. The van der Waals surface area contributed by atoms with E-state index in [1.54, 1.807) is 12.5 Å². The van der Waals surface area contributed by atoms with E-state index < -0.39 is 0 Å². The number of nitrogens with zero attached hydrogens (tertiary/aromatic N) is 1. The van der Waals surface area contributed by atoms with Gasteiger partial charge < -0.3 is 0 Å². The van der Waals surface area contributed by atoms with Gasteiger partial charge >= 0.3 is 0 Å². The molecule has 0 bridgehead atoms. The molecule has 0 saturated carbocycles. The van der Waals surface area contributed by atoms with E-state index in [9.17, 15) is 4.79 Å². The summed E-state index contributed by atoms with van der Waals surface area (Å²) in [6.07, 6.45) is 2.10. The Morgan fingerprint density at radius 1 is 1.00 bits per heavy atom. The summed E-state index contributed by atoms with van der Waals surface area (Å²) in [7, 11) is 0. The van der Waals surface area contributed by atoms with Crippen LogP contribution >= 0.6 is 11.8 Å². The third-order valence-corrected chi connectivity index (χ3v) is 6.21. The number of carbonyl (C=O) groups excluding carboxylic acids is 1. The van der Waals surface area contributed by atoms with Crippen molar-refractivity contribution in [3.63, 3.8) is 0 Å². The summed E-state index contributed by atoms with van der Waals surface area (Å²) in [6, 6.07) is 17.7. The van der Waals surface area contributed by atoms with Crippen molar-refractivity contribution >= 4 is 23.1 Å². The fourth-order valence-corrected chi connectivity index (χ4v) is 4.98. The highest BCUT2D eigenvalue weighted by molar-refractivity contribution is 7.98. The van der Waals surface area contributed by atoms with E-state index >= 15 is 0 Å². The summed E-state index contributed by atoms with van der Waals surface area (Å²) >= 11 is 1.94. The molecule has 0 amide bonds. The fraction of sp³-hybridized carbons (Fsp3) is 0.318. The Morgan fingerprint density at radius 3 is 2.44 bits per heavy atom. The van der Waals surface area contributed by atoms with Gasteiger partial charge in [-0.2, -0.15) is 0 Å². The molecule has 2 aliphatic rings. The summed E-state index contributed by atoms with van der Waals surface area (Å²) in [4.78, 5) is 15.1. The van der Waals surface area contributed by atoms with Gasteiger partial charge in [0.2, 0.25) is 0 Å². The van der Waals surface area contributed by atoms with Gasteiger partial charge in [-0.25, -0.2) is 0 Å². The Hall–Kier alpha value is -1.84. The van der Waals surface area contributed by atoms with Gasteiger partial charge in [0.25, 0.3) is 0 Å². The molecule has 25 heavy (non-hydrogen) atoms. The SMILES string of the molecule is CC(=O)CN1CCC(=C2c3ccccc3CSc3ccccc32)CC1. The van der Waals surface area contributed by atoms with Crippen molar-refractivity contribution in [3.8, 4) is 0 Å². The predicted octanol–water partition coefficient (Wildman–Crippen LogP) is 4.78. The number of hydrogen-bond donors (Lipinski definition) is 0. The molecule has 0 aliphatic carbocycles. The van der Waals surface area contributed by atoms with Crippen LogP contribution < -0.4 is 0 Å². The summed E-state index contributed by atoms with van der Waals surface area (Å²) in [5.74, 6) is 1.29. The zero-order valence-corrected chi connectivity index (χ0v) is 15.4. The van der Waals surface area contributed by atoms with Crippen molar-refractivity contribution in [1.29, 1.82) is 0 Å². The van der Waals surface area contributed by atoms with E-state index in [1.165, 1.54) is 27.2 Å². The van der Waals surface area contributed by atoms with E-state index in [-0.39, 0.29) is 5.78 Å². The minimum Gasteiger partial charge on any atom is -0.299 e. The lowest BCUT2D eigenvalue weighted by molar-refractivity contribution is -0.118. The zero-order valence-electron chi connectivity index (χ0n) is 14.6. The predicted molar refractivity (Wildman–Crippen MR) is 105 cm³/mol. The van der Waals surface area contributed by atoms with Crippen LogP contribution in [-0.4, -0.2) is 30.3 Å². The molecule has 0 unspecified atom stereocenters. The highest BCUT2D eigenvalue weighted by Gasteiger charge is 2.24. The fourth-order valence-electron chi connectivity index (χ4n) is 3.92. The Balaban J connectivity index is 1.77. The normalized spacial score (nSPS) is 17.6. The number of fused-ring (bicyclic) bond motifs is 2. The van der Waals surface area contributed by atoms with Gasteiger partial charge in [-0.1, -0.05) is 48.0 Å². The molecular weight excluding hydrogens is 326 g/mol. The van der Waals surface area contributed by atoms with Crippen LogP contribution in [0.3, 0.4) is 0 Å². The number of benzene rings is 2. The molecule has 0 radical (unpaired) electrons. The van der Waals surface area contributed by atoms with Crippen LogP contribution in [0.2, 0.25) is 0 Å². The summed E-state index contributed by atoms with van der Waals surface area (Å²) in [5.41, 5.74) is 7.20. The number of piperidine rings is 1. The molecule has 4 rings (SSSR count). The lowest BCUT2D eigenvalue weighted by Crippen LogP contribution is -2.34. The third kappa shape index (κ3) is 3.44. The average Bonchev–Trinajstić information content (AvgIpc) is 2.79. The van der Waals surface area contributed by atoms with Crippen LogP contribution in [0.4, 0.5) is 0 Å². The van der Waals surface area contributed by atoms with Gasteiger partial charge in [0.15, 0.2) is 0 Å². The van der Waals surface area contributed by atoms with Gasteiger partial charge in [0.05, 0.1) is 6.54 Å². The van der Waals surface area contributed by atoms with Crippen LogP contribution in [0.25, 0.3) is 5.57 Å². The number of Topliss-reactive ketones (excluding diaryl/α,β-unsaturated/α-hetero) is 1. The van der Waals surface area contributed by atoms with Crippen LogP contribution in [0.5, 0.6) is 0 Å². The molecule has 0 spiro atoms. The molecule has 2 aliphatic heterocycles. The molecule has 1 fully saturated rings. The van der Waals surface area contributed by atoms with Gasteiger partial charge in [-0.15, -0.1) is 11.8 Å². The largest absolute Gasteiger partial charge is 0.299 e. The third-order valence-electron chi connectivity index (χ3n) is 5.09. The van der Waals surface area contributed by atoms with Gasteiger partial charge in [0, 0.05) is 23.7 Å². The number of thioether (sulfide) groups is 1. The molecule has 3 heteroatoms. The lowest BCUT2D eigenvalue weighted by atomic mass is 9.86. The zero-order chi connectivity index (χ0) is 17.2. The highest BCUT2D eigenvalue weighted by atomic mass is 32.2. The van der Waals surface area contributed by atoms with Crippen molar-refractivity contribution in [3.05, 3.63) is 70.8 Å². The Labute approximate surface area is 153 Å². The maximum absolute atomic E-state index is 11.4. The van der Waals surface area contributed by atoms with Crippen molar-refractivity contribution in [1.82, 2.24) is 4.90 Å². The van der Waals surface area contributed by atoms with E-state index in [0.717, 1.165) is 31.7 Å². The number of ketones is 1. The maximum atomic E-state index is 11.4. The quantitative estimate of drug-likeness (QED) is 0.778. The molecule has 2 aromatic carbocycles. The number of carbonyl (C=O) groups is 1. The molecule has 128 valence electrons. The van der Waals surface area contributed by atoms with Crippen molar-refractivity contribution < 1.29 is 4.79 Å². The average molecular weight is 349 g/mol. The van der Waals surface area contributed by atoms with Crippen molar-refractivity contribution in [2.45, 2.75) is 30.4 Å². The highest BCUT2D eigenvalue weighted by Crippen LogP contribution is 2.43. The van der Waals surface area contributed by atoms with Gasteiger partial charge in [-0.3, -0.25) is 9.69 Å². The number of hydrogen-bond acceptors (Lipinski definition) is 3. The second-order valence-corrected chi connectivity index (χ2v) is 7.92. The van der Waals surface area contributed by atoms with E-state index in [4.69, 9.17) is 0 Å². The Kier molecular flexibility index (Phi) is 4.78. The molecule has 0 N–H and O–H groups in total. The minimum absolute atomic E-state index is 0.262. The van der Waals surface area contributed by atoms with E-state index in [0.29, 0.717) is 6.54 Å². The minimum atomic E-state index is 0.262. The van der Waals surface area contributed by atoms with Crippen molar-refractivity contribution in [2.24, 2.45) is 0 Å². The molecule has 0 atom stereocenters. The molecule has 1 saturated heterocycles. The first-order valence-electron chi connectivity index (χ1n) is 8.96. The van der Waals surface area contributed by atoms with Crippen LogP contribution in [0.1, 0.15) is 36.5 Å². The summed E-state index contributed by atoms with van der Waals surface area (Å²) in [6.45, 7) is 4.24. The van der Waals surface area contributed by atoms with Crippen molar-refractivity contribution in [2.75, 3.05) is 19.6 Å². The monoisotopic (exact) mass is 349 g/mol. The number of likely N-dealkylation sites (tertiary alicyclic amines) is 1. The second-order valence-electron chi connectivity index (χ2n) is 6.90. The maximum Gasteiger partial charge on any atom is 0.143 e. The summed E-state index contributed by atoms with van der Waals surface area (Å²) < 4.78 is 0. The first-order valence-corrected chi connectivity index (χ1v) is 9.95. The van der Waals surface area contributed by atoms with Gasteiger partial charge in [-0.05, 0) is 48.1 Å². The smallest absolute Gasteiger partial charge is 0.143 e. The van der Waals surface area contributed by atoms with Crippen LogP contribution in [-0.2, 0) is 10.5 Å². The van der Waals surface area contributed by atoms with Crippen LogP contribution in [0.15, 0.2) is 59.0 Å². The molecular formula is C22H23NOS. The second kappa shape index (κ2) is 7.19. The lowest BCUT2D eigenvalue weighted by Gasteiger charge is -2.29. The molecule has 2 aromatic rings. The first-order chi connectivity index (χ1) is 12.2. The topological polar surface area (TPSA) is 20.3 Å². The van der Waals surface area contributed by atoms with E-state index in [1.807, 2.05) is 11.8 Å². The molecule has 2 nitrogen and oxygen atoms in total. The first kappa shape index (κ1) is 16.6. The van der Waals surface area contributed by atoms with Gasteiger partial charge in [0.1, 0.15) is 5.78 Å². The van der Waals surface area contributed by atoms with Crippen LogP contribution in [0, 0.1) is 0 Å².